The monoisotopic (exact) mass is 729 g/mol. The minimum absolute atomic E-state index is 0.252. The Kier molecular flexibility index (Phi) is 9.47. The number of halogens is 2. The topological polar surface area (TPSA) is 82.7 Å². The second-order valence-corrected chi connectivity index (χ2v) is 14.7. The van der Waals surface area contributed by atoms with Crippen LogP contribution in [-0.2, 0) is 21.8 Å². The number of piperazine rings is 1. The lowest BCUT2D eigenvalue weighted by Crippen LogP contribution is -2.51. The Bertz CT molecular complexity index is 2000. The second kappa shape index (κ2) is 14.4. The molecule has 0 radical (unpaired) electrons. The second-order valence-electron chi connectivity index (χ2n) is 11.9. The maximum Gasteiger partial charge on any atom is 0.225 e. The first-order valence-corrected chi connectivity index (χ1v) is 18.2. The number of benzene rings is 3. The highest BCUT2D eigenvalue weighted by Crippen LogP contribution is 2.41. The standard InChI is InChI=1S/C36H33ClFN7O3S2/c37-34-15-14-33(50-34)36(23-43-25-39-24-41-43)47-22-30(48-36)21-46-29-10-8-28(9-11-29)42-16-18-44(19-17-42)45-32(26-4-2-1-3-5-26)20-40-35(45)49-31-12-6-27(38)7-13-31/h1-15,20,24-25,30H,16-19,21-23H2. The van der Waals surface area contributed by atoms with Crippen LogP contribution in [0.25, 0.3) is 11.3 Å². The van der Waals surface area contributed by atoms with E-state index in [2.05, 4.69) is 48.9 Å². The van der Waals surface area contributed by atoms with Crippen LogP contribution in [-0.4, -0.2) is 69.9 Å². The van der Waals surface area contributed by atoms with E-state index in [1.165, 1.54) is 41.6 Å². The molecule has 256 valence electrons. The van der Waals surface area contributed by atoms with Crippen LogP contribution in [0.3, 0.4) is 0 Å². The van der Waals surface area contributed by atoms with Crippen LogP contribution >= 0.6 is 34.7 Å². The van der Waals surface area contributed by atoms with Gasteiger partial charge >= 0.3 is 0 Å². The van der Waals surface area contributed by atoms with Gasteiger partial charge in [-0.05, 0) is 72.4 Å². The number of anilines is 1. The highest BCUT2D eigenvalue weighted by molar-refractivity contribution is 7.99. The SMILES string of the molecule is Fc1ccc(Sc2ncc(-c3ccccc3)n2N2CCN(c3ccc(OCC4COC(Cn5cncn5)(c5ccc(Cl)s5)O4)cc3)CC2)cc1. The summed E-state index contributed by atoms with van der Waals surface area (Å²) in [4.78, 5) is 13.0. The van der Waals surface area contributed by atoms with Crippen molar-refractivity contribution in [2.45, 2.75) is 28.5 Å². The van der Waals surface area contributed by atoms with Crippen LogP contribution in [0.15, 0.2) is 120 Å². The summed E-state index contributed by atoms with van der Waals surface area (Å²) in [6.07, 6.45) is 4.77. The molecule has 5 heterocycles. The van der Waals surface area contributed by atoms with E-state index in [-0.39, 0.29) is 11.9 Å². The van der Waals surface area contributed by atoms with Crippen molar-refractivity contribution in [3.8, 4) is 17.0 Å². The summed E-state index contributed by atoms with van der Waals surface area (Å²) in [7, 11) is 0. The molecule has 2 atom stereocenters. The summed E-state index contributed by atoms with van der Waals surface area (Å²) < 4.78 is 37.0. The van der Waals surface area contributed by atoms with Crippen LogP contribution in [0.1, 0.15) is 4.88 Å². The molecule has 2 aliphatic heterocycles. The minimum atomic E-state index is -1.01. The molecule has 0 amide bonds. The van der Waals surface area contributed by atoms with E-state index in [0.717, 1.165) is 63.8 Å². The Morgan fingerprint density at radius 1 is 0.960 bits per heavy atom. The van der Waals surface area contributed by atoms with Gasteiger partial charge in [-0.25, -0.2) is 23.7 Å². The first-order chi connectivity index (χ1) is 24.5. The first-order valence-electron chi connectivity index (χ1n) is 16.2. The minimum Gasteiger partial charge on any atom is -0.491 e. The molecule has 2 aliphatic rings. The quantitative estimate of drug-likeness (QED) is 0.141. The molecule has 8 rings (SSSR count). The molecule has 0 bridgehead atoms. The van der Waals surface area contributed by atoms with Crippen LogP contribution in [0.4, 0.5) is 10.1 Å². The van der Waals surface area contributed by atoms with Gasteiger partial charge in [0.15, 0.2) is 5.16 Å². The van der Waals surface area contributed by atoms with Crippen molar-refractivity contribution < 1.29 is 18.6 Å². The van der Waals surface area contributed by atoms with Gasteiger partial charge in [0.25, 0.3) is 0 Å². The molecular weight excluding hydrogens is 697 g/mol. The Morgan fingerprint density at radius 2 is 1.76 bits per heavy atom. The fourth-order valence-corrected chi connectivity index (χ4v) is 8.18. The zero-order valence-electron chi connectivity index (χ0n) is 26.8. The fraction of sp³-hybridized carbons (Fsp3) is 0.250. The van der Waals surface area contributed by atoms with Crippen molar-refractivity contribution in [3.63, 3.8) is 0 Å². The summed E-state index contributed by atoms with van der Waals surface area (Å²) in [5.41, 5.74) is 3.25. The van der Waals surface area contributed by atoms with Gasteiger partial charge in [0.1, 0.15) is 43.5 Å². The third-order valence-corrected chi connectivity index (χ3v) is 10.9. The molecule has 3 aromatic carbocycles. The highest BCUT2D eigenvalue weighted by atomic mass is 35.5. The van der Waals surface area contributed by atoms with Gasteiger partial charge in [-0.15, -0.1) is 11.3 Å². The number of hydrogen-bond donors (Lipinski definition) is 0. The van der Waals surface area contributed by atoms with E-state index in [1.807, 2.05) is 48.7 Å². The van der Waals surface area contributed by atoms with Crippen LogP contribution in [0.5, 0.6) is 5.75 Å². The van der Waals surface area contributed by atoms with Gasteiger partial charge in [0, 0.05) is 29.2 Å². The molecule has 0 N–H and O–H groups in total. The number of ether oxygens (including phenoxy) is 3. The van der Waals surface area contributed by atoms with Crippen molar-refractivity contribution >= 4 is 40.4 Å². The van der Waals surface area contributed by atoms with E-state index < -0.39 is 5.79 Å². The lowest BCUT2D eigenvalue weighted by Gasteiger charge is -2.38. The maximum atomic E-state index is 13.6. The smallest absolute Gasteiger partial charge is 0.225 e. The molecule has 0 spiro atoms. The average molecular weight is 730 g/mol. The highest BCUT2D eigenvalue weighted by Gasteiger charge is 2.45. The number of aromatic nitrogens is 5. The summed E-state index contributed by atoms with van der Waals surface area (Å²) in [5.74, 6) is -0.500. The summed E-state index contributed by atoms with van der Waals surface area (Å²) in [5, 5.41) is 7.42. The van der Waals surface area contributed by atoms with Crippen molar-refractivity contribution in [2.75, 3.05) is 49.3 Å². The van der Waals surface area contributed by atoms with E-state index in [1.54, 1.807) is 23.1 Å². The van der Waals surface area contributed by atoms with E-state index in [4.69, 9.17) is 30.8 Å². The Labute approximate surface area is 302 Å². The number of rotatable bonds is 11. The fourth-order valence-electron chi connectivity index (χ4n) is 6.17. The molecule has 3 aromatic heterocycles. The molecule has 0 saturated carbocycles. The maximum absolute atomic E-state index is 13.6. The lowest BCUT2D eigenvalue weighted by atomic mass is 10.2. The number of hydrogen-bond acceptors (Lipinski definition) is 10. The molecule has 2 fully saturated rings. The molecule has 0 aliphatic carbocycles. The number of thiophene rings is 1. The largest absolute Gasteiger partial charge is 0.491 e. The van der Waals surface area contributed by atoms with Gasteiger partial charge in [-0.2, -0.15) is 5.10 Å². The van der Waals surface area contributed by atoms with Crippen LogP contribution in [0, 0.1) is 5.82 Å². The zero-order valence-corrected chi connectivity index (χ0v) is 29.2. The van der Waals surface area contributed by atoms with Crippen LogP contribution < -0.4 is 14.6 Å². The predicted octanol–water partition coefficient (Wildman–Crippen LogP) is 6.95. The van der Waals surface area contributed by atoms with E-state index in [9.17, 15) is 4.39 Å². The molecular formula is C36H33ClFN7O3S2. The summed E-state index contributed by atoms with van der Waals surface area (Å²) in [6, 6.07) is 28.8. The van der Waals surface area contributed by atoms with Gasteiger partial charge in [0.05, 0.1) is 40.8 Å². The molecule has 6 aromatic rings. The third-order valence-electron chi connectivity index (χ3n) is 8.62. The van der Waals surface area contributed by atoms with Crippen molar-refractivity contribution in [2.24, 2.45) is 0 Å². The number of nitrogens with zero attached hydrogens (tertiary/aromatic N) is 7. The molecule has 14 heteroatoms. The Hall–Kier alpha value is -4.40. The van der Waals surface area contributed by atoms with E-state index in [0.29, 0.717) is 24.1 Å². The predicted molar refractivity (Wildman–Crippen MR) is 192 cm³/mol. The van der Waals surface area contributed by atoms with Crippen molar-refractivity contribution in [1.29, 1.82) is 0 Å². The normalized spacial score (nSPS) is 19.3. The molecule has 2 unspecified atom stereocenters. The van der Waals surface area contributed by atoms with Gasteiger partial charge in [0.2, 0.25) is 5.79 Å². The van der Waals surface area contributed by atoms with Gasteiger partial charge in [-0.1, -0.05) is 41.9 Å². The third kappa shape index (κ3) is 7.10. The van der Waals surface area contributed by atoms with Crippen LogP contribution in [0.2, 0.25) is 4.34 Å². The molecule has 10 nitrogen and oxygen atoms in total. The Morgan fingerprint density at radius 3 is 2.48 bits per heavy atom. The summed E-state index contributed by atoms with van der Waals surface area (Å²) in [6.45, 7) is 4.34. The lowest BCUT2D eigenvalue weighted by molar-refractivity contribution is -0.188. The first kappa shape index (κ1) is 32.8. The Balaban J connectivity index is 0.901. The summed E-state index contributed by atoms with van der Waals surface area (Å²) >= 11 is 9.21. The molecule has 50 heavy (non-hydrogen) atoms. The van der Waals surface area contributed by atoms with Gasteiger partial charge < -0.3 is 24.1 Å². The molecule has 2 saturated heterocycles. The zero-order chi connectivity index (χ0) is 33.9. The number of imidazole rings is 1. The average Bonchev–Trinajstić information content (AvgIpc) is 3.98. The van der Waals surface area contributed by atoms with Gasteiger partial charge in [-0.3, -0.25) is 0 Å². The van der Waals surface area contributed by atoms with E-state index >= 15 is 0 Å². The van der Waals surface area contributed by atoms with Crippen molar-refractivity contribution in [1.82, 2.24) is 24.4 Å². The van der Waals surface area contributed by atoms with Crippen molar-refractivity contribution in [3.05, 3.63) is 125 Å².